The fraction of sp³-hybridized carbons (Fsp3) is 0.261. The molecular weight excluding hydrogens is 490 g/mol. The first-order valence-electron chi connectivity index (χ1n) is 10.7. The zero-order chi connectivity index (χ0) is 25.9. The third-order valence-corrected chi connectivity index (χ3v) is 5.47. The lowest BCUT2D eigenvalue weighted by Gasteiger charge is -2.36. The quantitative estimate of drug-likeness (QED) is 0.455. The number of aromatic nitrogens is 2. The van der Waals surface area contributed by atoms with E-state index in [0.717, 1.165) is 30.3 Å². The number of carbonyl (C=O) groups is 1. The number of benzene rings is 1. The maximum atomic E-state index is 13.3. The molecule has 2 N–H and O–H groups in total. The van der Waals surface area contributed by atoms with Gasteiger partial charge in [-0.3, -0.25) is 0 Å². The van der Waals surface area contributed by atoms with Crippen molar-refractivity contribution >= 4 is 29.0 Å². The summed E-state index contributed by atoms with van der Waals surface area (Å²) in [5, 5.41) is 4.97. The summed E-state index contributed by atoms with van der Waals surface area (Å²) in [6.45, 7) is 1.47. The van der Waals surface area contributed by atoms with Crippen molar-refractivity contribution in [1.29, 1.82) is 0 Å². The van der Waals surface area contributed by atoms with E-state index < -0.39 is 29.5 Å². The summed E-state index contributed by atoms with van der Waals surface area (Å²) in [4.78, 5) is 23.9. The lowest BCUT2D eigenvalue weighted by molar-refractivity contribution is -0.138. The highest BCUT2D eigenvalue weighted by atomic mass is 19.4. The molecule has 2 aromatic heterocycles. The predicted molar refractivity (Wildman–Crippen MR) is 122 cm³/mol. The van der Waals surface area contributed by atoms with E-state index in [-0.39, 0.29) is 11.5 Å². The summed E-state index contributed by atoms with van der Waals surface area (Å²) in [5.41, 5.74) is -1.06. The SMILES string of the molecule is O=C(Nc1ccc(C(F)(F)F)cc1)Nc1ccc(N2CCN(c3ncccc3C(F)(F)F)CC2)nc1. The number of urea groups is 1. The van der Waals surface area contributed by atoms with Crippen LogP contribution < -0.4 is 20.4 Å². The van der Waals surface area contributed by atoms with Crippen LogP contribution in [0, 0.1) is 0 Å². The zero-order valence-electron chi connectivity index (χ0n) is 18.6. The number of alkyl halides is 6. The normalized spacial score (nSPS) is 14.5. The van der Waals surface area contributed by atoms with E-state index in [4.69, 9.17) is 0 Å². The molecule has 3 aromatic rings. The number of amides is 2. The Balaban J connectivity index is 1.31. The Labute approximate surface area is 201 Å². The van der Waals surface area contributed by atoms with E-state index in [1.54, 1.807) is 17.0 Å². The molecule has 0 spiro atoms. The van der Waals surface area contributed by atoms with E-state index >= 15 is 0 Å². The fourth-order valence-electron chi connectivity index (χ4n) is 3.70. The molecule has 190 valence electrons. The van der Waals surface area contributed by atoms with Crippen LogP contribution in [0.1, 0.15) is 11.1 Å². The van der Waals surface area contributed by atoms with Gasteiger partial charge in [0.05, 0.1) is 23.0 Å². The van der Waals surface area contributed by atoms with Crippen molar-refractivity contribution in [1.82, 2.24) is 9.97 Å². The summed E-state index contributed by atoms with van der Waals surface area (Å²) in [5.74, 6) is 0.483. The Bertz CT molecular complexity index is 1190. The Morgan fingerprint density at radius 2 is 1.36 bits per heavy atom. The average Bonchev–Trinajstić information content (AvgIpc) is 2.84. The fourth-order valence-corrected chi connectivity index (χ4v) is 3.70. The van der Waals surface area contributed by atoms with Crippen molar-refractivity contribution in [3.05, 3.63) is 72.1 Å². The highest BCUT2D eigenvalue weighted by molar-refractivity contribution is 5.99. The van der Waals surface area contributed by atoms with Crippen LogP contribution in [0.5, 0.6) is 0 Å². The van der Waals surface area contributed by atoms with Gasteiger partial charge in [0, 0.05) is 38.1 Å². The summed E-state index contributed by atoms with van der Waals surface area (Å²) in [6, 6.07) is 8.88. The Morgan fingerprint density at radius 1 is 0.750 bits per heavy atom. The molecule has 1 aliphatic rings. The minimum atomic E-state index is -4.50. The molecule has 4 rings (SSSR count). The molecule has 3 heterocycles. The molecule has 1 saturated heterocycles. The highest BCUT2D eigenvalue weighted by Crippen LogP contribution is 2.35. The second kappa shape index (κ2) is 9.91. The summed E-state index contributed by atoms with van der Waals surface area (Å²) in [7, 11) is 0. The first-order chi connectivity index (χ1) is 17.0. The van der Waals surface area contributed by atoms with Gasteiger partial charge in [-0.25, -0.2) is 14.8 Å². The smallest absolute Gasteiger partial charge is 0.353 e. The topological polar surface area (TPSA) is 73.4 Å². The van der Waals surface area contributed by atoms with Crippen LogP contribution in [0.4, 0.5) is 54.1 Å². The number of nitrogens with zero attached hydrogens (tertiary/aromatic N) is 4. The highest BCUT2D eigenvalue weighted by Gasteiger charge is 2.36. The predicted octanol–water partition coefficient (Wildman–Crippen LogP) is 5.48. The van der Waals surface area contributed by atoms with Gasteiger partial charge >= 0.3 is 18.4 Å². The van der Waals surface area contributed by atoms with E-state index in [1.165, 1.54) is 18.5 Å². The van der Waals surface area contributed by atoms with Gasteiger partial charge in [-0.2, -0.15) is 26.3 Å². The molecule has 1 aromatic carbocycles. The summed E-state index contributed by atoms with van der Waals surface area (Å²) in [6.07, 6.45) is -6.22. The van der Waals surface area contributed by atoms with Crippen LogP contribution in [-0.2, 0) is 12.4 Å². The van der Waals surface area contributed by atoms with Crippen LogP contribution in [0.15, 0.2) is 60.9 Å². The van der Waals surface area contributed by atoms with Crippen molar-refractivity contribution in [2.75, 3.05) is 46.6 Å². The number of halogens is 6. The zero-order valence-corrected chi connectivity index (χ0v) is 18.6. The van der Waals surface area contributed by atoms with E-state index in [9.17, 15) is 31.1 Å². The molecule has 2 amide bonds. The standard InChI is InChI=1S/C23H20F6N6O/c24-22(25,26)15-3-5-16(6-4-15)32-21(36)33-17-7-8-19(31-14-17)34-10-12-35(13-11-34)20-18(23(27,28)29)2-1-9-30-20/h1-9,14H,10-13H2,(H2,32,33,36). The van der Waals surface area contributed by atoms with Crippen molar-refractivity contribution in [2.45, 2.75) is 12.4 Å². The van der Waals surface area contributed by atoms with Crippen LogP contribution in [-0.4, -0.2) is 42.2 Å². The maximum Gasteiger partial charge on any atom is 0.419 e. The van der Waals surface area contributed by atoms with E-state index in [0.29, 0.717) is 37.7 Å². The average molecular weight is 510 g/mol. The second-order valence-electron chi connectivity index (χ2n) is 7.91. The van der Waals surface area contributed by atoms with E-state index in [2.05, 4.69) is 20.6 Å². The van der Waals surface area contributed by atoms with Gasteiger partial charge in [0.1, 0.15) is 11.6 Å². The minimum Gasteiger partial charge on any atom is -0.353 e. The Kier molecular flexibility index (Phi) is 6.91. The molecule has 1 aliphatic heterocycles. The van der Waals surface area contributed by atoms with Gasteiger partial charge < -0.3 is 20.4 Å². The lowest BCUT2D eigenvalue weighted by Crippen LogP contribution is -2.47. The van der Waals surface area contributed by atoms with Crippen LogP contribution >= 0.6 is 0 Å². The van der Waals surface area contributed by atoms with Crippen LogP contribution in [0.2, 0.25) is 0 Å². The molecule has 0 bridgehead atoms. The van der Waals surface area contributed by atoms with Crippen LogP contribution in [0.25, 0.3) is 0 Å². The molecule has 13 heteroatoms. The van der Waals surface area contributed by atoms with Gasteiger partial charge in [0.2, 0.25) is 0 Å². The largest absolute Gasteiger partial charge is 0.419 e. The van der Waals surface area contributed by atoms with Crippen molar-refractivity contribution in [2.24, 2.45) is 0 Å². The monoisotopic (exact) mass is 510 g/mol. The Morgan fingerprint density at radius 3 is 1.94 bits per heavy atom. The molecule has 0 atom stereocenters. The molecular formula is C23H20F6N6O. The Hall–Kier alpha value is -4.03. The van der Waals surface area contributed by atoms with Gasteiger partial charge in [0.25, 0.3) is 0 Å². The molecule has 1 fully saturated rings. The number of pyridine rings is 2. The number of carbonyl (C=O) groups excluding carboxylic acids is 1. The summed E-state index contributed by atoms with van der Waals surface area (Å²) >= 11 is 0. The minimum absolute atomic E-state index is 0.101. The molecule has 0 saturated carbocycles. The first-order valence-corrected chi connectivity index (χ1v) is 10.7. The molecule has 0 aliphatic carbocycles. The van der Waals surface area contributed by atoms with Gasteiger partial charge in [-0.15, -0.1) is 0 Å². The first kappa shape index (κ1) is 25.1. The number of hydrogen-bond acceptors (Lipinski definition) is 5. The molecule has 0 radical (unpaired) electrons. The number of rotatable bonds is 4. The molecule has 36 heavy (non-hydrogen) atoms. The van der Waals surface area contributed by atoms with Crippen molar-refractivity contribution < 1.29 is 31.1 Å². The lowest BCUT2D eigenvalue weighted by atomic mass is 10.2. The molecule has 0 unspecified atom stereocenters. The number of anilines is 4. The molecule has 7 nitrogen and oxygen atoms in total. The van der Waals surface area contributed by atoms with Gasteiger partial charge in [-0.1, -0.05) is 0 Å². The number of piperazine rings is 1. The summed E-state index contributed by atoms with van der Waals surface area (Å²) < 4.78 is 77.8. The number of nitrogens with one attached hydrogen (secondary N) is 2. The second-order valence-corrected chi connectivity index (χ2v) is 7.91. The van der Waals surface area contributed by atoms with Gasteiger partial charge in [0.15, 0.2) is 0 Å². The third kappa shape index (κ3) is 5.96. The van der Waals surface area contributed by atoms with Crippen molar-refractivity contribution in [3.8, 4) is 0 Å². The van der Waals surface area contributed by atoms with Crippen molar-refractivity contribution in [3.63, 3.8) is 0 Å². The maximum absolute atomic E-state index is 13.3. The number of hydrogen-bond donors (Lipinski definition) is 2. The van der Waals surface area contributed by atoms with Gasteiger partial charge in [-0.05, 0) is 48.5 Å². The van der Waals surface area contributed by atoms with E-state index in [1.807, 2.05) is 4.90 Å². The third-order valence-electron chi connectivity index (χ3n) is 5.47. The van der Waals surface area contributed by atoms with Crippen LogP contribution in [0.3, 0.4) is 0 Å².